The van der Waals surface area contributed by atoms with Crippen LogP contribution in [-0.4, -0.2) is 71.4 Å². The minimum absolute atomic E-state index is 0.0474. The van der Waals surface area contributed by atoms with Crippen molar-refractivity contribution in [2.75, 3.05) is 38.2 Å². The zero-order chi connectivity index (χ0) is 29.7. The van der Waals surface area contributed by atoms with E-state index in [2.05, 4.69) is 34.1 Å². The van der Waals surface area contributed by atoms with E-state index < -0.39 is 5.82 Å². The molecule has 3 aliphatic heterocycles. The number of ether oxygens (including phenoxy) is 1. The van der Waals surface area contributed by atoms with Crippen LogP contribution in [-0.2, 0) is 0 Å². The smallest absolute Gasteiger partial charge is 0.319 e. The number of unbranched alkanes of at least 4 members (excludes halogenated alkanes) is 1. The van der Waals surface area contributed by atoms with E-state index in [9.17, 15) is 5.11 Å². The lowest BCUT2D eigenvalue weighted by Crippen LogP contribution is -2.51. The Labute approximate surface area is 257 Å². The van der Waals surface area contributed by atoms with Gasteiger partial charge in [-0.25, -0.2) is 4.39 Å². The Hall–Kier alpha value is -3.20. The van der Waals surface area contributed by atoms with Crippen molar-refractivity contribution in [2.45, 2.75) is 63.6 Å². The number of nitrogens with zero attached hydrogens (tertiary/aromatic N) is 4. The topological polar surface area (TPSA) is 73.8 Å². The van der Waals surface area contributed by atoms with E-state index in [1.807, 2.05) is 24.3 Å². The van der Waals surface area contributed by atoms with Crippen LogP contribution in [0.5, 0.6) is 11.8 Å². The summed E-state index contributed by atoms with van der Waals surface area (Å²) in [6.45, 7) is 5.53. The molecular weight excluding hydrogens is 565 g/mol. The van der Waals surface area contributed by atoms with Crippen LogP contribution >= 0.6 is 11.6 Å². The molecule has 4 atom stereocenters. The summed E-state index contributed by atoms with van der Waals surface area (Å²) < 4.78 is 22.8. The molecule has 0 spiro atoms. The molecular formula is C34H39ClFN5O2. The highest BCUT2D eigenvalue weighted by molar-refractivity contribution is 6.35. The van der Waals surface area contributed by atoms with E-state index >= 15 is 4.39 Å². The molecule has 2 bridgehead atoms. The van der Waals surface area contributed by atoms with Crippen molar-refractivity contribution in [3.05, 3.63) is 53.3 Å². The number of halogens is 2. The largest absolute Gasteiger partial charge is 0.508 e. The van der Waals surface area contributed by atoms with Crippen LogP contribution < -0.4 is 15.0 Å². The van der Waals surface area contributed by atoms with Crippen molar-refractivity contribution in [3.63, 3.8) is 0 Å². The van der Waals surface area contributed by atoms with E-state index in [-0.39, 0.29) is 27.9 Å². The zero-order valence-electron chi connectivity index (χ0n) is 24.8. The Morgan fingerprint density at radius 2 is 1.84 bits per heavy atom. The van der Waals surface area contributed by atoms with Gasteiger partial charge in [0.25, 0.3) is 0 Å². The molecule has 0 saturated carbocycles. The molecule has 3 aliphatic rings. The average Bonchev–Trinajstić information content (AvgIpc) is 3.50. The van der Waals surface area contributed by atoms with E-state index in [0.717, 1.165) is 61.9 Å². The van der Waals surface area contributed by atoms with Crippen LogP contribution in [0.2, 0.25) is 5.02 Å². The van der Waals surface area contributed by atoms with Gasteiger partial charge in [0.1, 0.15) is 17.1 Å². The van der Waals surface area contributed by atoms with Gasteiger partial charge in [0.2, 0.25) is 0 Å². The summed E-state index contributed by atoms with van der Waals surface area (Å²) >= 11 is 6.86. The molecule has 3 aromatic carbocycles. The molecule has 9 heteroatoms. The molecule has 2 N–H and O–H groups in total. The number of anilines is 1. The number of aromatic hydroxyl groups is 1. The lowest BCUT2D eigenvalue weighted by molar-refractivity contribution is 0.259. The molecule has 3 unspecified atom stereocenters. The molecule has 0 aliphatic carbocycles. The highest BCUT2D eigenvalue weighted by atomic mass is 35.5. The first-order valence-electron chi connectivity index (χ1n) is 15.6. The minimum atomic E-state index is -0.539. The van der Waals surface area contributed by atoms with E-state index in [0.29, 0.717) is 41.5 Å². The number of rotatable bonds is 8. The predicted molar refractivity (Wildman–Crippen MR) is 171 cm³/mol. The van der Waals surface area contributed by atoms with Gasteiger partial charge in [-0.05, 0) is 86.0 Å². The normalized spacial score (nSPS) is 24.0. The second-order valence-corrected chi connectivity index (χ2v) is 13.2. The molecule has 226 valence electrons. The zero-order valence-corrected chi connectivity index (χ0v) is 25.6. The first-order valence-corrected chi connectivity index (χ1v) is 16.0. The molecule has 7 rings (SSSR count). The van der Waals surface area contributed by atoms with Gasteiger partial charge in [-0.2, -0.15) is 9.97 Å². The first kappa shape index (κ1) is 28.6. The van der Waals surface area contributed by atoms with Gasteiger partial charge in [0, 0.05) is 48.7 Å². The van der Waals surface area contributed by atoms with Crippen LogP contribution in [0.3, 0.4) is 0 Å². The summed E-state index contributed by atoms with van der Waals surface area (Å²) in [6.07, 6.45) is 6.57. The fourth-order valence-electron chi connectivity index (χ4n) is 7.53. The second-order valence-electron chi connectivity index (χ2n) is 12.8. The van der Waals surface area contributed by atoms with E-state index in [4.69, 9.17) is 21.3 Å². The Balaban J connectivity index is 1.24. The third-order valence-electron chi connectivity index (χ3n) is 9.53. The Kier molecular flexibility index (Phi) is 7.78. The van der Waals surface area contributed by atoms with E-state index in [1.165, 1.54) is 13.0 Å². The lowest BCUT2D eigenvalue weighted by atomic mass is 9.96. The quantitative estimate of drug-likeness (QED) is 0.215. The number of phenolic OH excluding ortho intramolecular Hbond substituents is 1. The second kappa shape index (κ2) is 11.7. The molecule has 0 amide bonds. The molecule has 4 heterocycles. The Morgan fingerprint density at radius 1 is 1.05 bits per heavy atom. The van der Waals surface area contributed by atoms with Crippen molar-refractivity contribution in [3.8, 4) is 22.9 Å². The summed E-state index contributed by atoms with van der Waals surface area (Å²) in [4.78, 5) is 14.2. The molecule has 7 nitrogen and oxygen atoms in total. The van der Waals surface area contributed by atoms with Crippen LogP contribution in [0.1, 0.15) is 45.4 Å². The van der Waals surface area contributed by atoms with Gasteiger partial charge < -0.3 is 25.0 Å². The molecule has 1 aromatic heterocycles. The summed E-state index contributed by atoms with van der Waals surface area (Å²) in [7, 11) is 2.21. The van der Waals surface area contributed by atoms with Crippen molar-refractivity contribution >= 4 is 39.1 Å². The Bertz CT molecular complexity index is 1660. The maximum Gasteiger partial charge on any atom is 0.319 e. The lowest BCUT2D eigenvalue weighted by Gasteiger charge is -2.34. The molecule has 4 aromatic rings. The number of nitrogens with one attached hydrogen (secondary N) is 1. The van der Waals surface area contributed by atoms with Crippen LogP contribution in [0.4, 0.5) is 10.2 Å². The van der Waals surface area contributed by atoms with Crippen LogP contribution in [0.25, 0.3) is 32.8 Å². The minimum Gasteiger partial charge on any atom is -0.508 e. The SMILES string of the molecule is CC1C[C@@H](CCCCOc2nc(N3CC4CCC(C3)N4)c3cc(Cl)c(-c4cc(O)cc5ccccc45)c(F)c3n2)N(C)C1. The Morgan fingerprint density at radius 3 is 2.60 bits per heavy atom. The number of hydrogen-bond donors (Lipinski definition) is 2. The fourth-order valence-corrected chi connectivity index (χ4v) is 7.82. The van der Waals surface area contributed by atoms with Gasteiger partial charge in [-0.3, -0.25) is 0 Å². The van der Waals surface area contributed by atoms with Crippen LogP contribution in [0, 0.1) is 11.7 Å². The number of fused-ring (bicyclic) bond motifs is 4. The first-order chi connectivity index (χ1) is 20.8. The number of hydrogen-bond acceptors (Lipinski definition) is 7. The average molecular weight is 604 g/mol. The summed E-state index contributed by atoms with van der Waals surface area (Å²) in [5, 5.41) is 16.6. The fraction of sp³-hybridized carbons (Fsp3) is 0.471. The number of aromatic nitrogens is 2. The molecule has 43 heavy (non-hydrogen) atoms. The molecule has 0 radical (unpaired) electrons. The third kappa shape index (κ3) is 5.61. The maximum absolute atomic E-state index is 16.7. The third-order valence-corrected chi connectivity index (χ3v) is 9.83. The van der Waals surface area contributed by atoms with Crippen molar-refractivity contribution in [1.82, 2.24) is 20.2 Å². The van der Waals surface area contributed by atoms with E-state index in [1.54, 1.807) is 18.2 Å². The molecule has 3 saturated heterocycles. The summed E-state index contributed by atoms with van der Waals surface area (Å²) in [5.74, 6) is 0.921. The van der Waals surface area contributed by atoms with Crippen molar-refractivity contribution in [1.29, 1.82) is 0 Å². The van der Waals surface area contributed by atoms with Crippen LogP contribution in [0.15, 0.2) is 42.5 Å². The standard InChI is InChI=1S/C34H39ClFN5O2/c1-20-13-24(40(2)17-20)8-5-6-12-43-34-38-32-28(33(39-34)41-18-22-10-11-23(19-41)37-22)16-29(35)30(31(32)36)27-15-25(42)14-21-7-3-4-9-26(21)27/h3-4,7,9,14-16,20,22-24,37,42H,5-6,8,10-13,17-19H2,1-2H3/t20?,22?,23?,24-/m1/s1. The maximum atomic E-state index is 16.7. The summed E-state index contributed by atoms with van der Waals surface area (Å²) in [6, 6.07) is 14.2. The highest BCUT2D eigenvalue weighted by Crippen LogP contribution is 2.43. The van der Waals surface area contributed by atoms with Crippen molar-refractivity contribution < 1.29 is 14.2 Å². The molecule has 3 fully saturated rings. The van der Waals surface area contributed by atoms with Crippen molar-refractivity contribution in [2.24, 2.45) is 5.92 Å². The summed E-state index contributed by atoms with van der Waals surface area (Å²) in [5.41, 5.74) is 0.917. The van der Waals surface area contributed by atoms with Gasteiger partial charge in [-0.15, -0.1) is 0 Å². The van der Waals surface area contributed by atoms with Gasteiger partial charge in [0.05, 0.1) is 11.6 Å². The predicted octanol–water partition coefficient (Wildman–Crippen LogP) is 6.78. The van der Waals surface area contributed by atoms with Gasteiger partial charge >= 0.3 is 6.01 Å². The van der Waals surface area contributed by atoms with Gasteiger partial charge in [-0.1, -0.05) is 42.8 Å². The number of piperazine rings is 1. The number of benzene rings is 3. The monoisotopic (exact) mass is 603 g/mol. The highest BCUT2D eigenvalue weighted by Gasteiger charge is 2.34. The van der Waals surface area contributed by atoms with Gasteiger partial charge in [0.15, 0.2) is 5.82 Å². The number of phenols is 1. The number of likely N-dealkylation sites (tertiary alicyclic amines) is 1.